The fourth-order valence-electron chi connectivity index (χ4n) is 0.798. The number of esters is 2. The van der Waals surface area contributed by atoms with E-state index in [2.05, 4.69) is 19.5 Å². The molecule has 0 fully saturated rings. The summed E-state index contributed by atoms with van der Waals surface area (Å²) in [4.78, 5) is 38.1. The first-order valence-corrected chi connectivity index (χ1v) is 6.41. The largest absolute Gasteiger partial charge is 0.461 e. The van der Waals surface area contributed by atoms with Crippen LogP contribution in [-0.2, 0) is 28.7 Å². The monoisotopic (exact) mass is 347 g/mol. The zero-order chi connectivity index (χ0) is 15.8. The van der Waals surface area contributed by atoms with Gasteiger partial charge in [-0.25, -0.2) is 9.59 Å². The molecular formula is C10H12Cl3NO6. The smallest absolute Gasteiger partial charge is 0.364 e. The van der Waals surface area contributed by atoms with E-state index in [4.69, 9.17) is 34.8 Å². The minimum Gasteiger partial charge on any atom is -0.461 e. The molecule has 0 heterocycles. The molecule has 0 aromatic rings. The van der Waals surface area contributed by atoms with E-state index in [1.165, 1.54) is 0 Å². The number of nitrogens with zero attached hydrogens (tertiary/aromatic N) is 1. The van der Waals surface area contributed by atoms with Crippen LogP contribution < -0.4 is 0 Å². The molecular weight excluding hydrogens is 336 g/mol. The number of ketones is 1. The van der Waals surface area contributed by atoms with E-state index in [0.717, 1.165) is 6.92 Å². The molecule has 0 radical (unpaired) electrons. The van der Waals surface area contributed by atoms with Crippen LogP contribution in [0.15, 0.2) is 5.16 Å². The minimum absolute atomic E-state index is 0.0659. The second-order valence-electron chi connectivity index (χ2n) is 3.27. The lowest BCUT2D eigenvalue weighted by molar-refractivity contribution is -0.149. The third-order valence-electron chi connectivity index (χ3n) is 1.54. The first kappa shape index (κ1) is 18.9. The number of ether oxygens (including phenoxy) is 2. The van der Waals surface area contributed by atoms with Crippen molar-refractivity contribution in [2.75, 3.05) is 19.8 Å². The lowest BCUT2D eigenvalue weighted by Crippen LogP contribution is -2.25. The van der Waals surface area contributed by atoms with Crippen molar-refractivity contribution in [1.29, 1.82) is 0 Å². The van der Waals surface area contributed by atoms with Crippen molar-refractivity contribution >= 4 is 58.2 Å². The Balaban J connectivity index is 4.34. The van der Waals surface area contributed by atoms with E-state index < -0.39 is 40.4 Å². The van der Waals surface area contributed by atoms with Crippen molar-refractivity contribution in [3.8, 4) is 0 Å². The molecule has 0 saturated heterocycles. The number of oxime groups is 1. The van der Waals surface area contributed by atoms with E-state index in [0.29, 0.717) is 0 Å². The zero-order valence-corrected chi connectivity index (χ0v) is 12.9. The van der Waals surface area contributed by atoms with Gasteiger partial charge in [0.25, 0.3) is 0 Å². The van der Waals surface area contributed by atoms with Crippen molar-refractivity contribution in [2.24, 2.45) is 5.16 Å². The summed E-state index contributed by atoms with van der Waals surface area (Å²) in [6.45, 7) is 1.60. The van der Waals surface area contributed by atoms with Crippen LogP contribution in [0.4, 0.5) is 0 Å². The third kappa shape index (κ3) is 8.95. The maximum atomic E-state index is 11.3. The Morgan fingerprint density at radius 2 is 1.75 bits per heavy atom. The van der Waals surface area contributed by atoms with Gasteiger partial charge in [-0.3, -0.25) is 4.79 Å². The number of Topliss-reactive ketones (excluding diaryl/α,β-unsaturated/α-hetero) is 1. The van der Waals surface area contributed by atoms with E-state index in [-0.39, 0.29) is 6.61 Å². The minimum atomic E-state index is -1.74. The molecule has 20 heavy (non-hydrogen) atoms. The highest BCUT2D eigenvalue weighted by molar-refractivity contribution is 6.67. The van der Waals surface area contributed by atoms with Gasteiger partial charge in [-0.05, 0) is 6.92 Å². The van der Waals surface area contributed by atoms with Gasteiger partial charge in [0.1, 0.15) is 6.61 Å². The molecule has 0 rings (SSSR count). The lowest BCUT2D eigenvalue weighted by atomic mass is 10.3. The summed E-state index contributed by atoms with van der Waals surface area (Å²) in [7, 11) is 0. The number of hydrogen-bond acceptors (Lipinski definition) is 7. The average Bonchev–Trinajstić information content (AvgIpc) is 2.30. The van der Waals surface area contributed by atoms with Gasteiger partial charge in [-0.2, -0.15) is 0 Å². The molecule has 10 heteroatoms. The molecule has 0 N–H and O–H groups in total. The van der Waals surface area contributed by atoms with Crippen LogP contribution in [-0.4, -0.2) is 47.0 Å². The Hall–Kier alpha value is -1.05. The Bertz CT molecular complexity index is 404. The van der Waals surface area contributed by atoms with Gasteiger partial charge in [0.15, 0.2) is 5.78 Å². The van der Waals surface area contributed by atoms with Crippen LogP contribution in [0.1, 0.15) is 13.8 Å². The first-order chi connectivity index (χ1) is 9.17. The molecule has 0 atom stereocenters. The molecule has 0 spiro atoms. The Kier molecular flexibility index (Phi) is 8.52. The predicted molar refractivity (Wildman–Crippen MR) is 72.0 cm³/mol. The Morgan fingerprint density at radius 3 is 2.20 bits per heavy atom. The summed E-state index contributed by atoms with van der Waals surface area (Å²) in [6.07, 6.45) is 0. The third-order valence-corrected chi connectivity index (χ3v) is 1.86. The molecule has 0 saturated carbocycles. The van der Waals surface area contributed by atoms with Crippen LogP contribution in [0.3, 0.4) is 0 Å². The summed E-state index contributed by atoms with van der Waals surface area (Å²) in [5.74, 6) is -2.50. The fourth-order valence-corrected chi connectivity index (χ4v) is 0.962. The molecule has 0 aromatic heterocycles. The quantitative estimate of drug-likeness (QED) is 0.227. The number of alkyl halides is 3. The molecule has 7 nitrogen and oxygen atoms in total. The van der Waals surface area contributed by atoms with E-state index in [1.54, 1.807) is 6.92 Å². The summed E-state index contributed by atoms with van der Waals surface area (Å²) in [6, 6.07) is 0. The summed E-state index contributed by atoms with van der Waals surface area (Å²) >= 11 is 16.1. The topological polar surface area (TPSA) is 91.3 Å². The van der Waals surface area contributed by atoms with Crippen LogP contribution in [0, 0.1) is 0 Å². The number of rotatable bonds is 7. The maximum absolute atomic E-state index is 11.3. The SMILES string of the molecule is CCOC(=O)C(=NOCC(=O)OCC(Cl)(Cl)Cl)C(C)=O. The van der Waals surface area contributed by atoms with E-state index in [1.807, 2.05) is 0 Å². The molecule has 0 unspecified atom stereocenters. The molecule has 0 aliphatic carbocycles. The molecule has 0 bridgehead atoms. The van der Waals surface area contributed by atoms with Gasteiger partial charge in [0.2, 0.25) is 16.1 Å². The zero-order valence-electron chi connectivity index (χ0n) is 10.7. The number of halogens is 3. The second-order valence-corrected chi connectivity index (χ2v) is 5.78. The second kappa shape index (κ2) is 8.99. The highest BCUT2D eigenvalue weighted by Crippen LogP contribution is 2.25. The number of hydrogen-bond donors (Lipinski definition) is 0. The lowest BCUT2D eigenvalue weighted by Gasteiger charge is -2.10. The van der Waals surface area contributed by atoms with Crippen molar-refractivity contribution in [2.45, 2.75) is 17.6 Å². The van der Waals surface area contributed by atoms with Crippen molar-refractivity contribution < 1.29 is 28.7 Å². The van der Waals surface area contributed by atoms with Crippen molar-refractivity contribution in [1.82, 2.24) is 0 Å². The van der Waals surface area contributed by atoms with E-state index in [9.17, 15) is 14.4 Å². The standard InChI is InChI=1S/C10H12Cl3NO6/c1-3-18-9(17)8(6(2)15)14-20-4-7(16)19-5-10(11,12)13/h3-5H2,1-2H3. The predicted octanol–water partition coefficient (Wildman–Crippen LogP) is 1.42. The van der Waals surface area contributed by atoms with Gasteiger partial charge >= 0.3 is 11.9 Å². The Labute approximate surface area is 130 Å². The molecule has 0 amide bonds. The van der Waals surface area contributed by atoms with Crippen LogP contribution in [0.25, 0.3) is 0 Å². The van der Waals surface area contributed by atoms with E-state index >= 15 is 0 Å². The van der Waals surface area contributed by atoms with Crippen LogP contribution >= 0.6 is 34.8 Å². The highest BCUT2D eigenvalue weighted by atomic mass is 35.6. The molecule has 114 valence electrons. The van der Waals surface area contributed by atoms with Gasteiger partial charge in [0, 0.05) is 6.92 Å². The van der Waals surface area contributed by atoms with Crippen molar-refractivity contribution in [3.05, 3.63) is 0 Å². The highest BCUT2D eigenvalue weighted by Gasteiger charge is 2.23. The molecule has 0 aliphatic heterocycles. The maximum Gasteiger partial charge on any atom is 0.364 e. The first-order valence-electron chi connectivity index (χ1n) is 5.27. The summed E-state index contributed by atoms with van der Waals surface area (Å²) in [5.41, 5.74) is -0.568. The van der Waals surface area contributed by atoms with Gasteiger partial charge in [-0.15, -0.1) is 0 Å². The van der Waals surface area contributed by atoms with Crippen molar-refractivity contribution in [3.63, 3.8) is 0 Å². The van der Waals surface area contributed by atoms with Gasteiger partial charge in [0.05, 0.1) is 6.61 Å². The number of carbonyl (C=O) groups is 3. The fraction of sp³-hybridized carbons (Fsp3) is 0.600. The van der Waals surface area contributed by atoms with Gasteiger partial charge < -0.3 is 14.3 Å². The van der Waals surface area contributed by atoms with Gasteiger partial charge in [-0.1, -0.05) is 40.0 Å². The number of carbonyl (C=O) groups excluding carboxylic acids is 3. The summed E-state index contributed by atoms with van der Waals surface area (Å²) < 4.78 is 7.36. The summed E-state index contributed by atoms with van der Waals surface area (Å²) in [5, 5.41) is 3.22. The molecule has 0 aromatic carbocycles. The normalized spacial score (nSPS) is 11.8. The molecule has 0 aliphatic rings. The van der Waals surface area contributed by atoms with Crippen LogP contribution in [0.5, 0.6) is 0 Å². The average molecular weight is 349 g/mol. The van der Waals surface area contributed by atoms with Crippen LogP contribution in [0.2, 0.25) is 0 Å². The Morgan fingerprint density at radius 1 is 1.15 bits per heavy atom.